The van der Waals surface area contributed by atoms with Gasteiger partial charge in [0.15, 0.2) is 0 Å². The Morgan fingerprint density at radius 2 is 2.54 bits per heavy atom. The number of hydrogen-bond donors (Lipinski definition) is 2. The van der Waals surface area contributed by atoms with E-state index in [1.165, 1.54) is 12.8 Å². The van der Waals surface area contributed by atoms with Crippen LogP contribution in [0.25, 0.3) is 0 Å². The van der Waals surface area contributed by atoms with Crippen LogP contribution >= 0.6 is 11.8 Å². The molecule has 1 aliphatic rings. The highest BCUT2D eigenvalue weighted by atomic mass is 32.2. The lowest BCUT2D eigenvalue weighted by molar-refractivity contribution is 0.644. The van der Waals surface area contributed by atoms with Gasteiger partial charge >= 0.3 is 0 Å². The average Bonchev–Trinajstić information content (AvgIpc) is 2.74. The van der Waals surface area contributed by atoms with E-state index in [0.29, 0.717) is 4.75 Å². The van der Waals surface area contributed by atoms with Gasteiger partial charge in [-0.05, 0) is 19.1 Å². The summed E-state index contributed by atoms with van der Waals surface area (Å²) in [6.45, 7) is 1.96. The maximum absolute atomic E-state index is 4.16. The topological polar surface area (TPSA) is 40.7 Å². The molecule has 1 aromatic heterocycles. The smallest absolute Gasteiger partial charge is 0.120 e. The monoisotopic (exact) mass is 197 g/mol. The molecule has 0 amide bonds. The van der Waals surface area contributed by atoms with Crippen LogP contribution in [-0.2, 0) is 6.54 Å². The summed E-state index contributed by atoms with van der Waals surface area (Å²) in [6.07, 6.45) is 8.57. The second-order valence-electron chi connectivity index (χ2n) is 3.53. The van der Waals surface area contributed by atoms with Crippen molar-refractivity contribution in [3.63, 3.8) is 0 Å². The van der Waals surface area contributed by atoms with Crippen LogP contribution in [0.2, 0.25) is 0 Å². The van der Waals surface area contributed by atoms with Gasteiger partial charge in [0.2, 0.25) is 0 Å². The van der Waals surface area contributed by atoms with Crippen molar-refractivity contribution in [2.24, 2.45) is 0 Å². The van der Waals surface area contributed by atoms with E-state index in [-0.39, 0.29) is 0 Å². The summed E-state index contributed by atoms with van der Waals surface area (Å²) in [7, 11) is 0. The molecular formula is C9H15N3S. The number of rotatable bonds is 5. The van der Waals surface area contributed by atoms with E-state index in [4.69, 9.17) is 0 Å². The lowest BCUT2D eigenvalue weighted by Crippen LogP contribution is -2.25. The molecule has 4 heteroatoms. The zero-order valence-corrected chi connectivity index (χ0v) is 8.66. The Hall–Kier alpha value is -0.480. The summed E-state index contributed by atoms with van der Waals surface area (Å²) in [5.74, 6) is 1.02. The third-order valence-corrected chi connectivity index (χ3v) is 3.95. The van der Waals surface area contributed by atoms with Crippen LogP contribution in [0.15, 0.2) is 12.4 Å². The van der Waals surface area contributed by atoms with Crippen molar-refractivity contribution in [3.05, 3.63) is 18.2 Å². The molecule has 0 bridgehead atoms. The third-order valence-electron chi connectivity index (χ3n) is 2.54. The van der Waals surface area contributed by atoms with Crippen LogP contribution in [0, 0.1) is 0 Å². The fraction of sp³-hybridized carbons (Fsp3) is 0.667. The number of thioether (sulfide) groups is 1. The minimum atomic E-state index is 0.548. The molecule has 0 unspecified atom stereocenters. The van der Waals surface area contributed by atoms with Crippen LogP contribution in [0.5, 0.6) is 0 Å². The molecule has 0 aromatic carbocycles. The molecule has 0 aliphatic heterocycles. The molecule has 2 rings (SSSR count). The van der Waals surface area contributed by atoms with E-state index in [2.05, 4.69) is 21.5 Å². The van der Waals surface area contributed by atoms with Gasteiger partial charge in [0.25, 0.3) is 0 Å². The molecule has 72 valence electrons. The minimum absolute atomic E-state index is 0.548. The number of aromatic amines is 1. The summed E-state index contributed by atoms with van der Waals surface area (Å²) in [5.41, 5.74) is 0. The predicted molar refractivity (Wildman–Crippen MR) is 55.8 cm³/mol. The highest BCUT2D eigenvalue weighted by Crippen LogP contribution is 2.46. The zero-order chi connectivity index (χ0) is 9.15. The van der Waals surface area contributed by atoms with Crippen molar-refractivity contribution in [2.45, 2.75) is 24.1 Å². The molecule has 1 saturated carbocycles. The number of aromatic nitrogens is 2. The van der Waals surface area contributed by atoms with E-state index in [1.54, 1.807) is 6.20 Å². The fourth-order valence-corrected chi connectivity index (χ4v) is 2.15. The summed E-state index contributed by atoms with van der Waals surface area (Å²) in [5, 5.41) is 3.43. The molecule has 1 aromatic rings. The molecule has 1 fully saturated rings. The van der Waals surface area contributed by atoms with Gasteiger partial charge in [0.1, 0.15) is 5.82 Å². The Bertz CT molecular complexity index is 254. The average molecular weight is 197 g/mol. The normalized spacial score (nSPS) is 18.8. The van der Waals surface area contributed by atoms with Crippen molar-refractivity contribution in [2.75, 3.05) is 12.8 Å². The molecule has 1 aliphatic carbocycles. The maximum atomic E-state index is 4.16. The van der Waals surface area contributed by atoms with Crippen LogP contribution in [-0.4, -0.2) is 27.5 Å². The van der Waals surface area contributed by atoms with Crippen molar-refractivity contribution < 1.29 is 0 Å². The Labute approximate surface area is 82.7 Å². The third kappa shape index (κ3) is 2.25. The van der Waals surface area contributed by atoms with Crippen LogP contribution in [0.3, 0.4) is 0 Å². The number of imidazole rings is 1. The SMILES string of the molecule is CSC1(CNCc2ncc[nH]2)CC1. The van der Waals surface area contributed by atoms with Crippen molar-refractivity contribution in [1.82, 2.24) is 15.3 Å². The summed E-state index contributed by atoms with van der Waals surface area (Å²) in [4.78, 5) is 7.24. The van der Waals surface area contributed by atoms with Gasteiger partial charge < -0.3 is 10.3 Å². The van der Waals surface area contributed by atoms with Crippen LogP contribution in [0.1, 0.15) is 18.7 Å². The molecule has 0 saturated heterocycles. The van der Waals surface area contributed by atoms with E-state index >= 15 is 0 Å². The van der Waals surface area contributed by atoms with Crippen molar-refractivity contribution >= 4 is 11.8 Å². The molecule has 0 radical (unpaired) electrons. The van der Waals surface area contributed by atoms with Gasteiger partial charge in [0.05, 0.1) is 6.54 Å². The molecule has 13 heavy (non-hydrogen) atoms. The molecular weight excluding hydrogens is 182 g/mol. The predicted octanol–water partition coefficient (Wildman–Crippen LogP) is 1.39. The Kier molecular flexibility index (Phi) is 2.60. The molecule has 2 N–H and O–H groups in total. The number of nitrogens with one attached hydrogen (secondary N) is 2. The first-order chi connectivity index (χ1) is 6.35. The lowest BCUT2D eigenvalue weighted by atomic mass is 10.4. The van der Waals surface area contributed by atoms with Crippen molar-refractivity contribution in [1.29, 1.82) is 0 Å². The standard InChI is InChI=1S/C9H15N3S/c1-13-9(2-3-9)7-10-6-8-11-4-5-12-8/h4-5,10H,2-3,6-7H2,1H3,(H,11,12). The van der Waals surface area contributed by atoms with E-state index < -0.39 is 0 Å². The first-order valence-electron chi connectivity index (χ1n) is 4.59. The highest BCUT2D eigenvalue weighted by Gasteiger charge is 2.41. The second kappa shape index (κ2) is 3.72. The largest absolute Gasteiger partial charge is 0.348 e. The number of H-pyrrole nitrogens is 1. The van der Waals surface area contributed by atoms with Gasteiger partial charge in [-0.3, -0.25) is 0 Å². The summed E-state index contributed by atoms with van der Waals surface area (Å²) >= 11 is 1.98. The van der Waals surface area contributed by atoms with E-state index in [0.717, 1.165) is 18.9 Å². The van der Waals surface area contributed by atoms with Gasteiger partial charge in [-0.15, -0.1) is 0 Å². The lowest BCUT2D eigenvalue weighted by Gasteiger charge is -2.11. The highest BCUT2D eigenvalue weighted by molar-refractivity contribution is 8.00. The van der Waals surface area contributed by atoms with Crippen LogP contribution < -0.4 is 5.32 Å². The fourth-order valence-electron chi connectivity index (χ4n) is 1.40. The molecule has 3 nitrogen and oxygen atoms in total. The van der Waals surface area contributed by atoms with Gasteiger partial charge in [-0.1, -0.05) is 0 Å². The van der Waals surface area contributed by atoms with Gasteiger partial charge in [0, 0.05) is 23.7 Å². The van der Waals surface area contributed by atoms with Crippen LogP contribution in [0.4, 0.5) is 0 Å². The summed E-state index contributed by atoms with van der Waals surface area (Å²) < 4.78 is 0.548. The van der Waals surface area contributed by atoms with Crippen molar-refractivity contribution in [3.8, 4) is 0 Å². The Morgan fingerprint density at radius 3 is 3.08 bits per heavy atom. The second-order valence-corrected chi connectivity index (χ2v) is 4.80. The van der Waals surface area contributed by atoms with E-state index in [9.17, 15) is 0 Å². The molecule has 1 heterocycles. The minimum Gasteiger partial charge on any atom is -0.348 e. The van der Waals surface area contributed by atoms with Gasteiger partial charge in [-0.2, -0.15) is 11.8 Å². The molecule has 0 atom stereocenters. The quantitative estimate of drug-likeness (QED) is 0.749. The first-order valence-corrected chi connectivity index (χ1v) is 5.81. The number of nitrogens with zero attached hydrogens (tertiary/aromatic N) is 1. The number of hydrogen-bond acceptors (Lipinski definition) is 3. The Morgan fingerprint density at radius 1 is 1.69 bits per heavy atom. The Balaban J connectivity index is 1.70. The zero-order valence-electron chi connectivity index (χ0n) is 7.84. The molecule has 0 spiro atoms. The van der Waals surface area contributed by atoms with Gasteiger partial charge in [-0.25, -0.2) is 4.98 Å². The first kappa shape index (κ1) is 9.09. The summed E-state index contributed by atoms with van der Waals surface area (Å²) in [6, 6.07) is 0. The maximum Gasteiger partial charge on any atom is 0.120 e. The van der Waals surface area contributed by atoms with E-state index in [1.807, 2.05) is 18.0 Å².